The molecule has 0 fully saturated rings. The quantitative estimate of drug-likeness (QED) is 0.801. The summed E-state index contributed by atoms with van der Waals surface area (Å²) in [6, 6.07) is 16.2. The molecule has 5 nitrogen and oxygen atoms in total. The highest BCUT2D eigenvalue weighted by Gasteiger charge is 2.03. The second-order valence-corrected chi connectivity index (χ2v) is 4.10. The molecule has 0 saturated heterocycles. The number of urea groups is 1. The van der Waals surface area contributed by atoms with Gasteiger partial charge in [-0.25, -0.2) is 4.79 Å². The number of carbonyl (C=O) groups excluding carboxylic acids is 1. The standard InChI is InChI=1S/C13H11BClN2O.2H2O/c15-11-7-4-8-12(9-11)16-13(18)17-14-10-5-2-1-3-6-10;;/h1-9H,(H2,16,17,18);2*1H2. The third-order valence-electron chi connectivity index (χ3n) is 2.25. The molecule has 105 valence electrons. The molecule has 0 aliphatic carbocycles. The molecule has 0 saturated carbocycles. The maximum atomic E-state index is 11.6. The number of hydrogen-bond acceptors (Lipinski definition) is 1. The third-order valence-corrected chi connectivity index (χ3v) is 2.49. The molecule has 20 heavy (non-hydrogen) atoms. The molecule has 0 heterocycles. The minimum absolute atomic E-state index is 0. The summed E-state index contributed by atoms with van der Waals surface area (Å²) >= 11 is 5.82. The van der Waals surface area contributed by atoms with Crippen molar-refractivity contribution in [1.29, 1.82) is 0 Å². The zero-order valence-corrected chi connectivity index (χ0v) is 11.3. The molecule has 2 aromatic carbocycles. The van der Waals surface area contributed by atoms with Gasteiger partial charge in [-0.1, -0.05) is 53.5 Å². The van der Waals surface area contributed by atoms with E-state index in [1.54, 1.807) is 31.7 Å². The Hall–Kier alpha value is -2.02. The molecule has 0 aromatic heterocycles. The number of carbonyl (C=O) groups is 1. The summed E-state index contributed by atoms with van der Waals surface area (Å²) in [5, 5.41) is 5.92. The van der Waals surface area contributed by atoms with Gasteiger partial charge in [0.05, 0.1) is 0 Å². The van der Waals surface area contributed by atoms with E-state index in [0.29, 0.717) is 10.7 Å². The predicted octanol–water partition coefficient (Wildman–Crippen LogP) is 0.757. The molecule has 0 aliphatic heterocycles. The topological polar surface area (TPSA) is 104 Å². The van der Waals surface area contributed by atoms with Crippen LogP contribution < -0.4 is 16.0 Å². The van der Waals surface area contributed by atoms with Crippen LogP contribution in [0.15, 0.2) is 54.6 Å². The van der Waals surface area contributed by atoms with Gasteiger partial charge in [-0.3, -0.25) is 0 Å². The molecule has 0 unspecified atom stereocenters. The summed E-state index contributed by atoms with van der Waals surface area (Å²) in [5.74, 6) is 0. The largest absolute Gasteiger partial charge is 0.412 e. The molecule has 0 atom stereocenters. The fourth-order valence-electron chi connectivity index (χ4n) is 1.43. The Balaban J connectivity index is 0.00000180. The third kappa shape index (κ3) is 5.75. The number of halogens is 1. The van der Waals surface area contributed by atoms with Gasteiger partial charge in [-0.05, 0) is 18.2 Å². The first-order chi connectivity index (χ1) is 8.74. The molecule has 7 heteroatoms. The Labute approximate surface area is 122 Å². The van der Waals surface area contributed by atoms with Gasteiger partial charge in [0.25, 0.3) is 7.41 Å². The summed E-state index contributed by atoms with van der Waals surface area (Å²) in [6.07, 6.45) is 0. The van der Waals surface area contributed by atoms with Crippen LogP contribution in [0.4, 0.5) is 10.5 Å². The first-order valence-electron chi connectivity index (χ1n) is 5.45. The minimum atomic E-state index is -0.305. The van der Waals surface area contributed by atoms with Crippen molar-refractivity contribution >= 4 is 36.2 Å². The average Bonchev–Trinajstić information content (AvgIpc) is 2.38. The Morgan fingerprint density at radius 3 is 2.35 bits per heavy atom. The van der Waals surface area contributed by atoms with Crippen molar-refractivity contribution in [3.8, 4) is 0 Å². The number of hydrogen-bond donors (Lipinski definition) is 2. The van der Waals surface area contributed by atoms with Crippen LogP contribution >= 0.6 is 11.6 Å². The molecule has 6 N–H and O–H groups in total. The Morgan fingerprint density at radius 1 is 1.00 bits per heavy atom. The van der Waals surface area contributed by atoms with Gasteiger partial charge in [0.2, 0.25) is 0 Å². The van der Waals surface area contributed by atoms with E-state index in [9.17, 15) is 4.79 Å². The van der Waals surface area contributed by atoms with Crippen molar-refractivity contribution in [3.05, 3.63) is 59.6 Å². The molecule has 2 rings (SSSR count). The number of rotatable bonds is 3. The van der Waals surface area contributed by atoms with E-state index in [0.717, 1.165) is 5.46 Å². The van der Waals surface area contributed by atoms with Gasteiger partial charge in [0.15, 0.2) is 0 Å². The maximum Gasteiger partial charge on any atom is 0.307 e. The number of benzene rings is 2. The zero-order chi connectivity index (χ0) is 12.8. The summed E-state index contributed by atoms with van der Waals surface area (Å²) < 4.78 is 0. The van der Waals surface area contributed by atoms with Gasteiger partial charge in [-0.2, -0.15) is 0 Å². The lowest BCUT2D eigenvalue weighted by Crippen LogP contribution is -2.38. The molecule has 2 aromatic rings. The minimum Gasteiger partial charge on any atom is -0.412 e. The summed E-state index contributed by atoms with van der Waals surface area (Å²) in [5.41, 5.74) is 1.58. The monoisotopic (exact) mass is 293 g/mol. The number of nitrogens with one attached hydrogen (secondary N) is 2. The summed E-state index contributed by atoms with van der Waals surface area (Å²) in [4.78, 5) is 11.6. The number of amides is 2. The zero-order valence-electron chi connectivity index (χ0n) is 10.6. The fraction of sp³-hybridized carbons (Fsp3) is 0. The first kappa shape index (κ1) is 18.0. The van der Waals surface area contributed by atoms with Crippen LogP contribution in [0.2, 0.25) is 5.02 Å². The van der Waals surface area contributed by atoms with Crippen LogP contribution in [0.3, 0.4) is 0 Å². The fourth-order valence-corrected chi connectivity index (χ4v) is 1.62. The van der Waals surface area contributed by atoms with Gasteiger partial charge < -0.3 is 21.5 Å². The number of anilines is 1. The maximum absolute atomic E-state index is 11.6. The van der Waals surface area contributed by atoms with Crippen molar-refractivity contribution in [2.24, 2.45) is 0 Å². The Bertz CT molecular complexity index is 540. The van der Waals surface area contributed by atoms with Crippen molar-refractivity contribution in [2.45, 2.75) is 0 Å². The van der Waals surface area contributed by atoms with E-state index < -0.39 is 0 Å². The van der Waals surface area contributed by atoms with Gasteiger partial charge >= 0.3 is 6.03 Å². The molecule has 1 radical (unpaired) electrons. The van der Waals surface area contributed by atoms with E-state index in [1.165, 1.54) is 0 Å². The molecule has 2 amide bonds. The lowest BCUT2D eigenvalue weighted by molar-refractivity contribution is 0.256. The van der Waals surface area contributed by atoms with Gasteiger partial charge in [-0.15, -0.1) is 0 Å². The van der Waals surface area contributed by atoms with E-state index in [1.807, 2.05) is 30.3 Å². The smallest absolute Gasteiger partial charge is 0.307 e. The van der Waals surface area contributed by atoms with E-state index in [4.69, 9.17) is 11.6 Å². The first-order valence-corrected chi connectivity index (χ1v) is 5.83. The molecular weight excluding hydrogens is 278 g/mol. The van der Waals surface area contributed by atoms with Crippen molar-refractivity contribution in [3.63, 3.8) is 0 Å². The van der Waals surface area contributed by atoms with Gasteiger partial charge in [0.1, 0.15) is 0 Å². The Kier molecular flexibility index (Phi) is 8.07. The summed E-state index contributed by atoms with van der Waals surface area (Å²) in [6.45, 7) is 0. The van der Waals surface area contributed by atoms with E-state index in [2.05, 4.69) is 10.5 Å². The van der Waals surface area contributed by atoms with E-state index >= 15 is 0 Å². The predicted molar refractivity (Wildman–Crippen MR) is 82.7 cm³/mol. The highest BCUT2D eigenvalue weighted by molar-refractivity contribution is 6.54. The molecule has 0 aliphatic rings. The SMILES string of the molecule is O.O.O=C(N[B]c1ccccc1)Nc1cccc(Cl)c1. The van der Waals surface area contributed by atoms with Crippen molar-refractivity contribution < 1.29 is 15.7 Å². The molecule has 0 spiro atoms. The van der Waals surface area contributed by atoms with Crippen LogP contribution in [0.1, 0.15) is 0 Å². The van der Waals surface area contributed by atoms with Crippen LogP contribution in [-0.4, -0.2) is 24.4 Å². The van der Waals surface area contributed by atoms with Crippen LogP contribution in [-0.2, 0) is 0 Å². The molecular formula is C13H15BClN2O3. The van der Waals surface area contributed by atoms with Crippen LogP contribution in [0.5, 0.6) is 0 Å². The summed E-state index contributed by atoms with van der Waals surface area (Å²) in [7, 11) is 1.64. The van der Waals surface area contributed by atoms with Crippen LogP contribution in [0.25, 0.3) is 0 Å². The highest BCUT2D eigenvalue weighted by Crippen LogP contribution is 2.14. The van der Waals surface area contributed by atoms with Crippen molar-refractivity contribution in [1.82, 2.24) is 5.23 Å². The van der Waals surface area contributed by atoms with Crippen LogP contribution in [0, 0.1) is 0 Å². The lowest BCUT2D eigenvalue weighted by atomic mass is 9.83. The van der Waals surface area contributed by atoms with E-state index in [-0.39, 0.29) is 17.0 Å². The lowest BCUT2D eigenvalue weighted by Gasteiger charge is -2.06. The normalized spacial score (nSPS) is 8.65. The second kappa shape index (κ2) is 8.98. The second-order valence-electron chi connectivity index (χ2n) is 3.66. The molecule has 0 bridgehead atoms. The van der Waals surface area contributed by atoms with Gasteiger partial charge in [0, 0.05) is 10.7 Å². The Morgan fingerprint density at radius 2 is 1.70 bits per heavy atom. The highest BCUT2D eigenvalue weighted by atomic mass is 35.5. The average molecular weight is 294 g/mol. The van der Waals surface area contributed by atoms with Crippen molar-refractivity contribution in [2.75, 3.05) is 5.32 Å².